The summed E-state index contributed by atoms with van der Waals surface area (Å²) in [7, 11) is 0. The van der Waals surface area contributed by atoms with Gasteiger partial charge in [0.05, 0.1) is 0 Å². The first-order chi connectivity index (χ1) is 11.5. The van der Waals surface area contributed by atoms with E-state index in [1.807, 2.05) is 0 Å². The molecule has 1 N–H and O–H groups in total. The van der Waals surface area contributed by atoms with Gasteiger partial charge in [-0.1, -0.05) is 11.6 Å². The average molecular weight is 350 g/mol. The SMILES string of the molecule is Cc1nsc(NC(=O)N2CCC(=Cc3ccc(F)cc3F)CC2)n1. The van der Waals surface area contributed by atoms with Gasteiger partial charge in [-0.15, -0.1) is 0 Å². The lowest BCUT2D eigenvalue weighted by molar-refractivity contribution is 0.208. The van der Waals surface area contributed by atoms with Crippen LogP contribution < -0.4 is 5.32 Å². The fourth-order valence-electron chi connectivity index (χ4n) is 2.50. The van der Waals surface area contributed by atoms with Crippen molar-refractivity contribution in [3.05, 3.63) is 46.8 Å². The van der Waals surface area contributed by atoms with E-state index in [2.05, 4.69) is 14.7 Å². The first kappa shape index (κ1) is 16.5. The Morgan fingerprint density at radius 1 is 1.33 bits per heavy atom. The summed E-state index contributed by atoms with van der Waals surface area (Å²) in [5.41, 5.74) is 1.41. The molecule has 2 amide bonds. The number of urea groups is 1. The number of carbonyl (C=O) groups is 1. The summed E-state index contributed by atoms with van der Waals surface area (Å²) >= 11 is 1.14. The molecule has 0 saturated carbocycles. The molecule has 126 valence electrons. The van der Waals surface area contributed by atoms with E-state index in [9.17, 15) is 13.6 Å². The molecule has 24 heavy (non-hydrogen) atoms. The largest absolute Gasteiger partial charge is 0.324 e. The number of piperidine rings is 1. The van der Waals surface area contributed by atoms with E-state index in [-0.39, 0.29) is 6.03 Å². The fourth-order valence-corrected chi connectivity index (χ4v) is 3.06. The molecule has 0 atom stereocenters. The van der Waals surface area contributed by atoms with E-state index >= 15 is 0 Å². The molecule has 1 aliphatic rings. The third kappa shape index (κ3) is 3.94. The molecule has 5 nitrogen and oxygen atoms in total. The second-order valence-electron chi connectivity index (χ2n) is 5.53. The van der Waals surface area contributed by atoms with Crippen molar-refractivity contribution in [1.29, 1.82) is 0 Å². The Bertz CT molecular complexity index is 780. The Kier molecular flexibility index (Phi) is 4.84. The second-order valence-corrected chi connectivity index (χ2v) is 6.28. The van der Waals surface area contributed by atoms with Gasteiger partial charge in [0.15, 0.2) is 0 Å². The van der Waals surface area contributed by atoms with E-state index in [1.54, 1.807) is 17.9 Å². The lowest BCUT2D eigenvalue weighted by Gasteiger charge is -2.28. The van der Waals surface area contributed by atoms with E-state index in [4.69, 9.17) is 0 Å². The molecule has 0 aliphatic carbocycles. The van der Waals surface area contributed by atoms with Crippen LogP contribution in [-0.4, -0.2) is 33.4 Å². The van der Waals surface area contributed by atoms with Crippen molar-refractivity contribution in [3.63, 3.8) is 0 Å². The lowest BCUT2D eigenvalue weighted by atomic mass is 10.0. The number of nitrogens with one attached hydrogen (secondary N) is 1. The average Bonchev–Trinajstić information content (AvgIpc) is 2.96. The number of carbonyl (C=O) groups excluding carboxylic acids is 1. The Morgan fingerprint density at radius 2 is 2.08 bits per heavy atom. The quantitative estimate of drug-likeness (QED) is 0.895. The van der Waals surface area contributed by atoms with Gasteiger partial charge in [0, 0.05) is 36.3 Å². The van der Waals surface area contributed by atoms with Gasteiger partial charge in [0.25, 0.3) is 0 Å². The number of hydrogen-bond acceptors (Lipinski definition) is 4. The predicted molar refractivity (Wildman–Crippen MR) is 88.8 cm³/mol. The number of amides is 2. The first-order valence-corrected chi connectivity index (χ1v) is 8.29. The van der Waals surface area contributed by atoms with Crippen LogP contribution in [0.25, 0.3) is 6.08 Å². The zero-order valence-corrected chi connectivity index (χ0v) is 13.9. The molecule has 2 aromatic rings. The van der Waals surface area contributed by atoms with Gasteiger partial charge in [-0.05, 0) is 31.9 Å². The van der Waals surface area contributed by atoms with Crippen LogP contribution in [0.3, 0.4) is 0 Å². The van der Waals surface area contributed by atoms with Crippen LogP contribution in [0.2, 0.25) is 0 Å². The molecule has 3 rings (SSSR count). The number of likely N-dealkylation sites (tertiary alicyclic amines) is 1. The molecule has 1 aliphatic heterocycles. The van der Waals surface area contributed by atoms with Crippen LogP contribution in [0.1, 0.15) is 24.2 Å². The molecule has 0 radical (unpaired) electrons. The van der Waals surface area contributed by atoms with Gasteiger partial charge in [-0.2, -0.15) is 4.37 Å². The zero-order chi connectivity index (χ0) is 17.1. The Morgan fingerprint density at radius 3 is 2.71 bits per heavy atom. The third-order valence-electron chi connectivity index (χ3n) is 3.76. The highest BCUT2D eigenvalue weighted by molar-refractivity contribution is 7.09. The van der Waals surface area contributed by atoms with Gasteiger partial charge in [-0.3, -0.25) is 5.32 Å². The molecule has 1 fully saturated rings. The normalized spacial score (nSPS) is 14.6. The van der Waals surface area contributed by atoms with Crippen molar-refractivity contribution < 1.29 is 13.6 Å². The summed E-state index contributed by atoms with van der Waals surface area (Å²) in [6.07, 6.45) is 3.04. The van der Waals surface area contributed by atoms with Crippen molar-refractivity contribution in [2.24, 2.45) is 0 Å². The first-order valence-electron chi connectivity index (χ1n) is 7.52. The number of aromatic nitrogens is 2. The number of benzene rings is 1. The van der Waals surface area contributed by atoms with Crippen molar-refractivity contribution in [3.8, 4) is 0 Å². The molecule has 2 heterocycles. The van der Waals surface area contributed by atoms with E-state index in [0.29, 0.717) is 42.5 Å². The van der Waals surface area contributed by atoms with E-state index < -0.39 is 11.6 Å². The van der Waals surface area contributed by atoms with Crippen molar-refractivity contribution in [1.82, 2.24) is 14.3 Å². The highest BCUT2D eigenvalue weighted by Crippen LogP contribution is 2.22. The molecule has 0 spiro atoms. The maximum atomic E-state index is 13.7. The minimum absolute atomic E-state index is 0.210. The Balaban J connectivity index is 1.59. The number of hydrogen-bond donors (Lipinski definition) is 1. The summed E-state index contributed by atoms with van der Waals surface area (Å²) in [5.74, 6) is -0.539. The summed E-state index contributed by atoms with van der Waals surface area (Å²) in [4.78, 5) is 18.0. The van der Waals surface area contributed by atoms with Gasteiger partial charge >= 0.3 is 6.03 Å². The fraction of sp³-hybridized carbons (Fsp3) is 0.312. The standard InChI is InChI=1S/C16H16F2N4OS/c1-10-19-15(24-21-10)20-16(23)22-6-4-11(5-7-22)8-12-2-3-13(17)9-14(12)18/h2-3,8-9H,4-7H2,1H3,(H,19,20,21,23). The van der Waals surface area contributed by atoms with Crippen molar-refractivity contribution in [2.45, 2.75) is 19.8 Å². The maximum absolute atomic E-state index is 13.7. The van der Waals surface area contributed by atoms with Gasteiger partial charge in [-0.25, -0.2) is 18.6 Å². The van der Waals surface area contributed by atoms with Gasteiger partial charge < -0.3 is 4.90 Å². The molecule has 1 aromatic heterocycles. The van der Waals surface area contributed by atoms with E-state index in [0.717, 1.165) is 23.2 Å². The van der Waals surface area contributed by atoms with Crippen LogP contribution in [-0.2, 0) is 0 Å². The van der Waals surface area contributed by atoms with Crippen molar-refractivity contribution >= 4 is 28.8 Å². The van der Waals surface area contributed by atoms with Crippen LogP contribution >= 0.6 is 11.5 Å². The van der Waals surface area contributed by atoms with Gasteiger partial charge in [0.2, 0.25) is 5.13 Å². The number of halogens is 2. The van der Waals surface area contributed by atoms with E-state index in [1.165, 1.54) is 12.1 Å². The summed E-state index contributed by atoms with van der Waals surface area (Å²) < 4.78 is 30.6. The minimum atomic E-state index is -0.590. The van der Waals surface area contributed by atoms with Crippen molar-refractivity contribution in [2.75, 3.05) is 18.4 Å². The van der Waals surface area contributed by atoms with Gasteiger partial charge in [0.1, 0.15) is 17.5 Å². The number of nitrogens with zero attached hydrogens (tertiary/aromatic N) is 3. The lowest BCUT2D eigenvalue weighted by Crippen LogP contribution is -2.39. The van der Waals surface area contributed by atoms with Crippen LogP contribution in [0.5, 0.6) is 0 Å². The summed E-state index contributed by atoms with van der Waals surface area (Å²) in [6, 6.07) is 3.33. The Labute approximate surface area is 142 Å². The topological polar surface area (TPSA) is 58.1 Å². The molecule has 1 aromatic carbocycles. The maximum Gasteiger partial charge on any atom is 0.323 e. The molecule has 0 unspecified atom stereocenters. The molecule has 1 saturated heterocycles. The number of aryl methyl sites for hydroxylation is 1. The molecular weight excluding hydrogens is 334 g/mol. The second kappa shape index (κ2) is 7.04. The zero-order valence-electron chi connectivity index (χ0n) is 13.1. The van der Waals surface area contributed by atoms with Crippen LogP contribution in [0.4, 0.5) is 18.7 Å². The predicted octanol–water partition coefficient (Wildman–Crippen LogP) is 3.84. The monoisotopic (exact) mass is 350 g/mol. The third-order valence-corrected chi connectivity index (χ3v) is 4.48. The molecular formula is C16H16F2N4OS. The molecule has 8 heteroatoms. The van der Waals surface area contributed by atoms with Crippen LogP contribution in [0, 0.1) is 18.6 Å². The van der Waals surface area contributed by atoms with Crippen LogP contribution in [0.15, 0.2) is 23.8 Å². The minimum Gasteiger partial charge on any atom is -0.324 e. The summed E-state index contributed by atoms with van der Waals surface area (Å²) in [6.45, 7) is 2.84. The molecule has 0 bridgehead atoms. The highest BCUT2D eigenvalue weighted by Gasteiger charge is 2.20. The number of anilines is 1. The highest BCUT2D eigenvalue weighted by atomic mass is 32.1. The smallest absolute Gasteiger partial charge is 0.323 e. The summed E-state index contributed by atoms with van der Waals surface area (Å²) in [5, 5.41) is 3.20. The Hall–Kier alpha value is -2.35. The number of rotatable bonds is 2.